The lowest BCUT2D eigenvalue weighted by atomic mass is 10.0. The van der Waals surface area contributed by atoms with E-state index in [1.165, 1.54) is 24.3 Å². The maximum absolute atomic E-state index is 12.9. The van der Waals surface area contributed by atoms with E-state index in [1.807, 2.05) is 0 Å². The Balaban J connectivity index is 2.64. The van der Waals surface area contributed by atoms with Crippen molar-refractivity contribution in [3.63, 3.8) is 0 Å². The SMILES string of the molecule is O=[N+]([O-])c1ccccc1-c1ccc(F)cc1S. The third-order valence-corrected chi connectivity index (χ3v) is 2.72. The Morgan fingerprint density at radius 1 is 1.12 bits per heavy atom. The molecule has 0 aliphatic heterocycles. The van der Waals surface area contributed by atoms with Crippen LogP contribution in [0.25, 0.3) is 11.1 Å². The summed E-state index contributed by atoms with van der Waals surface area (Å²) in [5.74, 6) is -0.419. The van der Waals surface area contributed by atoms with Crippen LogP contribution in [0.15, 0.2) is 47.4 Å². The van der Waals surface area contributed by atoms with Gasteiger partial charge in [0.15, 0.2) is 0 Å². The molecule has 0 spiro atoms. The van der Waals surface area contributed by atoms with Crippen molar-refractivity contribution in [1.29, 1.82) is 0 Å². The summed E-state index contributed by atoms with van der Waals surface area (Å²) in [4.78, 5) is 10.8. The van der Waals surface area contributed by atoms with E-state index in [2.05, 4.69) is 12.6 Å². The van der Waals surface area contributed by atoms with Gasteiger partial charge in [-0.15, -0.1) is 12.6 Å². The summed E-state index contributed by atoms with van der Waals surface area (Å²) in [6.07, 6.45) is 0. The van der Waals surface area contributed by atoms with Crippen molar-refractivity contribution in [1.82, 2.24) is 0 Å². The van der Waals surface area contributed by atoms with E-state index >= 15 is 0 Å². The number of benzene rings is 2. The second kappa shape index (κ2) is 4.55. The van der Waals surface area contributed by atoms with Crippen LogP contribution in [0.5, 0.6) is 0 Å². The molecule has 2 rings (SSSR count). The van der Waals surface area contributed by atoms with Gasteiger partial charge in [0.05, 0.1) is 10.5 Å². The van der Waals surface area contributed by atoms with E-state index in [0.717, 1.165) is 0 Å². The summed E-state index contributed by atoms with van der Waals surface area (Å²) in [6, 6.07) is 10.3. The van der Waals surface area contributed by atoms with Gasteiger partial charge < -0.3 is 0 Å². The van der Waals surface area contributed by atoms with Gasteiger partial charge in [-0.2, -0.15) is 0 Å². The molecule has 17 heavy (non-hydrogen) atoms. The van der Waals surface area contributed by atoms with Gasteiger partial charge in [-0.25, -0.2) is 4.39 Å². The van der Waals surface area contributed by atoms with E-state index in [9.17, 15) is 14.5 Å². The van der Waals surface area contributed by atoms with Crippen molar-refractivity contribution in [3.05, 3.63) is 58.4 Å². The number of halogens is 1. The molecule has 0 fully saturated rings. The molecule has 0 aliphatic rings. The topological polar surface area (TPSA) is 43.1 Å². The molecule has 0 saturated heterocycles. The zero-order valence-corrected chi connectivity index (χ0v) is 9.52. The number of rotatable bonds is 2. The van der Waals surface area contributed by atoms with Crippen LogP contribution >= 0.6 is 12.6 Å². The molecule has 0 atom stereocenters. The van der Waals surface area contributed by atoms with Crippen LogP contribution in [0, 0.1) is 15.9 Å². The molecule has 0 saturated carbocycles. The van der Waals surface area contributed by atoms with Crippen molar-refractivity contribution in [3.8, 4) is 11.1 Å². The third kappa shape index (κ3) is 2.29. The molecular formula is C12H8FNO2S. The number of para-hydroxylation sites is 1. The highest BCUT2D eigenvalue weighted by atomic mass is 32.1. The Morgan fingerprint density at radius 3 is 2.47 bits per heavy atom. The Kier molecular flexibility index (Phi) is 3.10. The van der Waals surface area contributed by atoms with Crippen LogP contribution in [0.3, 0.4) is 0 Å². The van der Waals surface area contributed by atoms with Gasteiger partial charge in [0, 0.05) is 16.5 Å². The Labute approximate surface area is 102 Å². The molecular weight excluding hydrogens is 241 g/mol. The highest BCUT2D eigenvalue weighted by molar-refractivity contribution is 7.80. The smallest absolute Gasteiger partial charge is 0.258 e. The number of nitro benzene ring substituents is 1. The average molecular weight is 249 g/mol. The third-order valence-electron chi connectivity index (χ3n) is 2.35. The fraction of sp³-hybridized carbons (Fsp3) is 0. The van der Waals surface area contributed by atoms with Crippen LogP contribution in [-0.4, -0.2) is 4.92 Å². The summed E-state index contributed by atoms with van der Waals surface area (Å²) in [5, 5.41) is 10.9. The fourth-order valence-electron chi connectivity index (χ4n) is 1.59. The summed E-state index contributed by atoms with van der Waals surface area (Å²) >= 11 is 4.13. The van der Waals surface area contributed by atoms with Gasteiger partial charge in [0.1, 0.15) is 5.82 Å². The molecule has 2 aromatic carbocycles. The normalized spacial score (nSPS) is 10.2. The minimum Gasteiger partial charge on any atom is -0.258 e. The lowest BCUT2D eigenvalue weighted by Gasteiger charge is -2.05. The van der Waals surface area contributed by atoms with Crippen LogP contribution in [0.2, 0.25) is 0 Å². The molecule has 0 amide bonds. The Morgan fingerprint density at radius 2 is 1.82 bits per heavy atom. The molecule has 0 aliphatic carbocycles. The maximum Gasteiger partial charge on any atom is 0.277 e. The number of thiol groups is 1. The molecule has 5 heteroatoms. The highest BCUT2D eigenvalue weighted by Gasteiger charge is 2.15. The standard InChI is InChI=1S/C12H8FNO2S/c13-8-5-6-10(12(17)7-8)9-3-1-2-4-11(9)14(15)16/h1-7,17H. The molecule has 0 N–H and O–H groups in total. The Bertz CT molecular complexity index is 586. The first-order valence-corrected chi connectivity index (χ1v) is 5.26. The molecule has 0 heterocycles. The zero-order valence-electron chi connectivity index (χ0n) is 8.63. The van der Waals surface area contributed by atoms with Crippen molar-refractivity contribution in [2.75, 3.05) is 0 Å². The largest absolute Gasteiger partial charge is 0.277 e. The van der Waals surface area contributed by atoms with Gasteiger partial charge in [-0.05, 0) is 18.2 Å². The monoisotopic (exact) mass is 249 g/mol. The predicted octanol–water partition coefficient (Wildman–Crippen LogP) is 3.69. The first kappa shape index (κ1) is 11.6. The van der Waals surface area contributed by atoms with Crippen molar-refractivity contribution < 1.29 is 9.31 Å². The molecule has 86 valence electrons. The Hall–Kier alpha value is -1.88. The van der Waals surface area contributed by atoms with Gasteiger partial charge >= 0.3 is 0 Å². The predicted molar refractivity (Wildman–Crippen MR) is 65.7 cm³/mol. The molecule has 0 radical (unpaired) electrons. The van der Waals surface area contributed by atoms with Crippen LogP contribution in [0.1, 0.15) is 0 Å². The van der Waals surface area contributed by atoms with Gasteiger partial charge in [-0.3, -0.25) is 10.1 Å². The second-order valence-corrected chi connectivity index (χ2v) is 3.92. The van der Waals surface area contributed by atoms with E-state index in [4.69, 9.17) is 0 Å². The maximum atomic E-state index is 12.9. The van der Waals surface area contributed by atoms with Gasteiger partial charge in [0.2, 0.25) is 0 Å². The van der Waals surface area contributed by atoms with Gasteiger partial charge in [-0.1, -0.05) is 18.2 Å². The molecule has 0 bridgehead atoms. The number of hydrogen-bond acceptors (Lipinski definition) is 3. The lowest BCUT2D eigenvalue weighted by Crippen LogP contribution is -1.92. The van der Waals surface area contributed by atoms with E-state index in [-0.39, 0.29) is 5.69 Å². The summed E-state index contributed by atoms with van der Waals surface area (Å²) in [7, 11) is 0. The first-order valence-electron chi connectivity index (χ1n) is 4.82. The number of hydrogen-bond donors (Lipinski definition) is 1. The van der Waals surface area contributed by atoms with E-state index in [0.29, 0.717) is 16.0 Å². The minimum absolute atomic E-state index is 0.0191. The number of nitrogens with zero attached hydrogens (tertiary/aromatic N) is 1. The van der Waals surface area contributed by atoms with Crippen molar-refractivity contribution >= 4 is 18.3 Å². The molecule has 0 unspecified atom stereocenters. The first-order chi connectivity index (χ1) is 8.09. The highest BCUT2D eigenvalue weighted by Crippen LogP contribution is 2.33. The second-order valence-electron chi connectivity index (χ2n) is 3.44. The number of nitro groups is 1. The van der Waals surface area contributed by atoms with Crippen molar-refractivity contribution in [2.45, 2.75) is 4.90 Å². The summed E-state index contributed by atoms with van der Waals surface area (Å²) in [5.41, 5.74) is 0.957. The van der Waals surface area contributed by atoms with Crippen LogP contribution < -0.4 is 0 Å². The average Bonchev–Trinajstić information content (AvgIpc) is 2.29. The lowest BCUT2D eigenvalue weighted by molar-refractivity contribution is -0.384. The summed E-state index contributed by atoms with van der Waals surface area (Å²) in [6.45, 7) is 0. The minimum atomic E-state index is -0.466. The molecule has 3 nitrogen and oxygen atoms in total. The zero-order chi connectivity index (χ0) is 12.4. The summed E-state index contributed by atoms with van der Waals surface area (Å²) < 4.78 is 12.9. The molecule has 2 aromatic rings. The van der Waals surface area contributed by atoms with Crippen LogP contribution in [0.4, 0.5) is 10.1 Å². The molecule has 0 aromatic heterocycles. The van der Waals surface area contributed by atoms with Crippen molar-refractivity contribution in [2.24, 2.45) is 0 Å². The van der Waals surface area contributed by atoms with Gasteiger partial charge in [0.25, 0.3) is 5.69 Å². The van der Waals surface area contributed by atoms with Crippen LogP contribution in [-0.2, 0) is 0 Å². The quantitative estimate of drug-likeness (QED) is 0.501. The fourth-order valence-corrected chi connectivity index (χ4v) is 1.91. The van der Waals surface area contributed by atoms with E-state index < -0.39 is 10.7 Å². The van der Waals surface area contributed by atoms with E-state index in [1.54, 1.807) is 18.2 Å².